The molecule has 5 nitrogen and oxygen atoms in total. The van der Waals surface area contributed by atoms with E-state index in [-0.39, 0.29) is 18.4 Å². The Morgan fingerprint density at radius 2 is 2.21 bits per heavy atom. The second-order valence-corrected chi connectivity index (χ2v) is 6.21. The minimum absolute atomic E-state index is 0.0519. The quantitative estimate of drug-likeness (QED) is 0.784. The summed E-state index contributed by atoms with van der Waals surface area (Å²) in [5.74, 6) is -0.147. The van der Waals surface area contributed by atoms with Gasteiger partial charge in [0.1, 0.15) is 0 Å². The summed E-state index contributed by atoms with van der Waals surface area (Å²) in [5, 5.41) is 17.5. The van der Waals surface area contributed by atoms with Crippen molar-refractivity contribution in [1.82, 2.24) is 4.72 Å². The van der Waals surface area contributed by atoms with Crippen molar-refractivity contribution in [2.75, 3.05) is 6.61 Å². The SMILES string of the molecule is CC(CCCO)NS(=O)(=O)Cc1cccc(C#N)c1. The molecule has 19 heavy (non-hydrogen) atoms. The van der Waals surface area contributed by atoms with Gasteiger partial charge in [0.05, 0.1) is 17.4 Å². The van der Waals surface area contributed by atoms with Crippen molar-refractivity contribution in [3.63, 3.8) is 0 Å². The van der Waals surface area contributed by atoms with Crippen LogP contribution in [0.3, 0.4) is 0 Å². The van der Waals surface area contributed by atoms with E-state index in [1.165, 1.54) is 0 Å². The lowest BCUT2D eigenvalue weighted by Crippen LogP contribution is -2.33. The van der Waals surface area contributed by atoms with E-state index in [0.29, 0.717) is 24.0 Å². The highest BCUT2D eigenvalue weighted by molar-refractivity contribution is 7.88. The minimum atomic E-state index is -3.43. The number of sulfonamides is 1. The van der Waals surface area contributed by atoms with Gasteiger partial charge in [0.15, 0.2) is 0 Å². The van der Waals surface area contributed by atoms with Gasteiger partial charge in [-0.1, -0.05) is 12.1 Å². The summed E-state index contributed by atoms with van der Waals surface area (Å²) in [6.07, 6.45) is 1.15. The summed E-state index contributed by atoms with van der Waals surface area (Å²) >= 11 is 0. The first-order chi connectivity index (χ1) is 8.96. The molecule has 6 heteroatoms. The molecule has 0 saturated carbocycles. The van der Waals surface area contributed by atoms with Crippen molar-refractivity contribution in [2.24, 2.45) is 0 Å². The summed E-state index contributed by atoms with van der Waals surface area (Å²) in [4.78, 5) is 0. The van der Waals surface area contributed by atoms with Gasteiger partial charge in [-0.3, -0.25) is 0 Å². The molecule has 0 aromatic heterocycles. The van der Waals surface area contributed by atoms with Crippen LogP contribution in [-0.2, 0) is 15.8 Å². The van der Waals surface area contributed by atoms with Crippen molar-refractivity contribution in [3.8, 4) is 6.07 Å². The van der Waals surface area contributed by atoms with Crippen molar-refractivity contribution in [1.29, 1.82) is 5.26 Å². The molecular weight excluding hydrogens is 264 g/mol. The molecule has 1 unspecified atom stereocenters. The van der Waals surface area contributed by atoms with Gasteiger partial charge in [0.2, 0.25) is 10.0 Å². The van der Waals surface area contributed by atoms with Gasteiger partial charge < -0.3 is 5.11 Å². The van der Waals surface area contributed by atoms with Crippen LogP contribution < -0.4 is 4.72 Å². The van der Waals surface area contributed by atoms with E-state index in [1.54, 1.807) is 31.2 Å². The molecule has 0 saturated heterocycles. The van der Waals surface area contributed by atoms with Gasteiger partial charge in [0.25, 0.3) is 0 Å². The maximum atomic E-state index is 11.9. The summed E-state index contributed by atoms with van der Waals surface area (Å²) in [5.41, 5.74) is 1.03. The lowest BCUT2D eigenvalue weighted by atomic mass is 10.2. The van der Waals surface area contributed by atoms with Crippen LogP contribution in [0, 0.1) is 11.3 Å². The fourth-order valence-electron chi connectivity index (χ4n) is 1.75. The van der Waals surface area contributed by atoms with E-state index in [2.05, 4.69) is 4.72 Å². The molecule has 2 N–H and O–H groups in total. The second kappa shape index (κ2) is 7.24. The third kappa shape index (κ3) is 5.83. The lowest BCUT2D eigenvalue weighted by Gasteiger charge is -2.13. The molecule has 0 bridgehead atoms. The Balaban J connectivity index is 2.66. The first-order valence-electron chi connectivity index (χ1n) is 6.07. The first kappa shape index (κ1) is 15.6. The molecule has 1 aromatic rings. The Bertz CT molecular complexity index is 549. The monoisotopic (exact) mass is 282 g/mol. The zero-order valence-corrected chi connectivity index (χ0v) is 11.7. The van der Waals surface area contributed by atoms with Gasteiger partial charge in [-0.05, 0) is 37.5 Å². The van der Waals surface area contributed by atoms with Gasteiger partial charge in [-0.15, -0.1) is 0 Å². The van der Waals surface area contributed by atoms with Gasteiger partial charge in [0, 0.05) is 12.6 Å². The van der Waals surface area contributed by atoms with E-state index in [0.717, 1.165) is 0 Å². The van der Waals surface area contributed by atoms with E-state index >= 15 is 0 Å². The summed E-state index contributed by atoms with van der Waals surface area (Å²) in [6.45, 7) is 1.81. The van der Waals surface area contributed by atoms with Gasteiger partial charge in [-0.2, -0.15) is 5.26 Å². The molecular formula is C13H18N2O3S. The molecule has 0 amide bonds. The molecule has 0 aliphatic heterocycles. The maximum Gasteiger partial charge on any atom is 0.216 e. The van der Waals surface area contributed by atoms with Crippen LogP contribution in [0.1, 0.15) is 30.9 Å². The number of nitrogens with zero attached hydrogens (tertiary/aromatic N) is 1. The third-order valence-electron chi connectivity index (χ3n) is 2.59. The van der Waals surface area contributed by atoms with Crippen molar-refractivity contribution < 1.29 is 13.5 Å². The van der Waals surface area contributed by atoms with Gasteiger partial charge in [-0.25, -0.2) is 13.1 Å². The number of rotatable bonds is 7. The molecule has 0 heterocycles. The minimum Gasteiger partial charge on any atom is -0.396 e. The largest absolute Gasteiger partial charge is 0.396 e. The zero-order valence-electron chi connectivity index (χ0n) is 10.8. The molecule has 0 spiro atoms. The topological polar surface area (TPSA) is 90.2 Å². The number of benzene rings is 1. The molecule has 1 aromatic carbocycles. The average Bonchev–Trinajstić information content (AvgIpc) is 2.35. The van der Waals surface area contributed by atoms with E-state index < -0.39 is 10.0 Å². The highest BCUT2D eigenvalue weighted by Crippen LogP contribution is 2.09. The van der Waals surface area contributed by atoms with Crippen LogP contribution in [-0.4, -0.2) is 26.2 Å². The van der Waals surface area contributed by atoms with Crippen LogP contribution in [0.15, 0.2) is 24.3 Å². The normalized spacial score (nSPS) is 12.9. The molecule has 1 rings (SSSR count). The summed E-state index contributed by atoms with van der Waals surface area (Å²) in [7, 11) is -3.43. The number of aliphatic hydroxyl groups is 1. The second-order valence-electron chi connectivity index (χ2n) is 4.46. The smallest absolute Gasteiger partial charge is 0.216 e. The highest BCUT2D eigenvalue weighted by Gasteiger charge is 2.15. The standard InChI is InChI=1S/C13H18N2O3S/c1-11(4-3-7-16)15-19(17,18)10-13-6-2-5-12(8-13)9-14/h2,5-6,8,11,15-16H,3-4,7,10H2,1H3. The molecule has 0 aliphatic rings. The number of nitriles is 1. The number of hydrogen-bond acceptors (Lipinski definition) is 4. The van der Waals surface area contributed by atoms with Crippen LogP contribution in [0.2, 0.25) is 0 Å². The van der Waals surface area contributed by atoms with Crippen molar-refractivity contribution >= 4 is 10.0 Å². The predicted molar refractivity (Wildman–Crippen MR) is 72.7 cm³/mol. The number of nitrogens with one attached hydrogen (secondary N) is 1. The average molecular weight is 282 g/mol. The molecule has 0 fully saturated rings. The number of hydrogen-bond donors (Lipinski definition) is 2. The van der Waals surface area contributed by atoms with E-state index in [1.807, 2.05) is 6.07 Å². The first-order valence-corrected chi connectivity index (χ1v) is 7.72. The van der Waals surface area contributed by atoms with Crippen LogP contribution in [0.4, 0.5) is 0 Å². The molecule has 0 aliphatic carbocycles. The highest BCUT2D eigenvalue weighted by atomic mass is 32.2. The molecule has 1 atom stereocenters. The van der Waals surface area contributed by atoms with Crippen LogP contribution >= 0.6 is 0 Å². The van der Waals surface area contributed by atoms with Gasteiger partial charge >= 0.3 is 0 Å². The zero-order chi connectivity index (χ0) is 14.3. The van der Waals surface area contributed by atoms with E-state index in [9.17, 15) is 8.42 Å². The third-order valence-corrected chi connectivity index (χ3v) is 4.06. The van der Waals surface area contributed by atoms with Crippen molar-refractivity contribution in [2.45, 2.75) is 31.6 Å². The number of aliphatic hydroxyl groups excluding tert-OH is 1. The van der Waals surface area contributed by atoms with Crippen LogP contribution in [0.5, 0.6) is 0 Å². The molecule has 0 radical (unpaired) electrons. The Hall–Kier alpha value is -1.42. The van der Waals surface area contributed by atoms with Crippen molar-refractivity contribution in [3.05, 3.63) is 35.4 Å². The fourth-order valence-corrected chi connectivity index (χ4v) is 3.19. The van der Waals surface area contributed by atoms with Crippen LogP contribution in [0.25, 0.3) is 0 Å². The Kier molecular flexibility index (Phi) is 5.96. The summed E-state index contributed by atoms with van der Waals surface area (Å²) in [6, 6.07) is 8.31. The maximum absolute atomic E-state index is 11.9. The fraction of sp³-hybridized carbons (Fsp3) is 0.462. The van der Waals surface area contributed by atoms with E-state index in [4.69, 9.17) is 10.4 Å². The Morgan fingerprint density at radius 3 is 2.84 bits per heavy atom. The predicted octanol–water partition coefficient (Wildman–Crippen LogP) is 1.14. The Morgan fingerprint density at radius 1 is 1.47 bits per heavy atom. The lowest BCUT2D eigenvalue weighted by molar-refractivity contribution is 0.279. The summed E-state index contributed by atoms with van der Waals surface area (Å²) < 4.78 is 26.4. The Labute approximate surface area is 113 Å². The molecule has 104 valence electrons.